The second-order valence-corrected chi connectivity index (χ2v) is 7.91. The third-order valence-electron chi connectivity index (χ3n) is 5.00. The van der Waals surface area contributed by atoms with Crippen molar-refractivity contribution in [3.05, 3.63) is 59.2 Å². The van der Waals surface area contributed by atoms with Gasteiger partial charge in [0.15, 0.2) is 11.6 Å². The van der Waals surface area contributed by atoms with Crippen molar-refractivity contribution in [1.82, 2.24) is 10.6 Å². The predicted octanol–water partition coefficient (Wildman–Crippen LogP) is 2.61. The molecular formula is C23H26F2N4O3. The number of halogens is 2. The van der Waals surface area contributed by atoms with Gasteiger partial charge in [0.1, 0.15) is 0 Å². The number of rotatable bonds is 7. The number of hydrogen-bond acceptors (Lipinski definition) is 4. The maximum atomic E-state index is 13.2. The number of amides is 3. The maximum absolute atomic E-state index is 13.2. The minimum atomic E-state index is -1.07. The first-order valence-electron chi connectivity index (χ1n) is 10.4. The van der Waals surface area contributed by atoms with Gasteiger partial charge in [0.25, 0.3) is 5.91 Å². The highest BCUT2D eigenvalue weighted by molar-refractivity contribution is 5.98. The summed E-state index contributed by atoms with van der Waals surface area (Å²) in [5, 5.41) is 7.83. The van der Waals surface area contributed by atoms with Gasteiger partial charge in [0.05, 0.1) is 13.1 Å². The third kappa shape index (κ3) is 5.81. The predicted molar refractivity (Wildman–Crippen MR) is 118 cm³/mol. The molecule has 0 atom stereocenters. The Hall–Kier alpha value is -3.49. The second-order valence-electron chi connectivity index (χ2n) is 7.91. The Labute approximate surface area is 185 Å². The molecule has 0 fully saturated rings. The summed E-state index contributed by atoms with van der Waals surface area (Å²) in [5.41, 5.74) is 2.43. The molecule has 0 aromatic heterocycles. The minimum absolute atomic E-state index is 0.0152. The smallest absolute Gasteiger partial charge is 0.251 e. The highest BCUT2D eigenvalue weighted by Crippen LogP contribution is 2.29. The largest absolute Gasteiger partial charge is 0.362 e. The molecule has 7 nitrogen and oxygen atoms in total. The zero-order valence-corrected chi connectivity index (χ0v) is 18.0. The maximum Gasteiger partial charge on any atom is 0.251 e. The molecule has 9 heteroatoms. The Bertz CT molecular complexity index is 1030. The zero-order chi connectivity index (χ0) is 23.3. The lowest BCUT2D eigenvalue weighted by molar-refractivity contribution is -0.123. The van der Waals surface area contributed by atoms with Gasteiger partial charge in [-0.1, -0.05) is 6.07 Å². The van der Waals surface area contributed by atoms with Gasteiger partial charge in [-0.3, -0.25) is 14.4 Å². The van der Waals surface area contributed by atoms with Crippen LogP contribution in [0.5, 0.6) is 0 Å². The number of carbonyl (C=O) groups excluding carboxylic acids is 3. The molecule has 0 radical (unpaired) electrons. The average molecular weight is 444 g/mol. The van der Waals surface area contributed by atoms with Crippen LogP contribution < -0.4 is 20.9 Å². The number of benzene rings is 2. The monoisotopic (exact) mass is 444 g/mol. The standard InChI is InChI=1S/C23H26F2N4O3/c1-14(2)27-23(32)17-5-3-7-20-16(17)6-4-10-29(20)13-22(31)26-12-21(30)28-15-8-9-18(24)19(25)11-15/h3,5,7-9,11,14H,4,6,10,12-13H2,1-2H3,(H,26,31)(H,27,32)(H,28,30). The van der Waals surface area contributed by atoms with Gasteiger partial charge in [0.2, 0.25) is 11.8 Å². The van der Waals surface area contributed by atoms with Crippen LogP contribution in [0.25, 0.3) is 0 Å². The summed E-state index contributed by atoms with van der Waals surface area (Å²) in [6.07, 6.45) is 1.54. The van der Waals surface area contributed by atoms with Crippen molar-refractivity contribution in [2.75, 3.05) is 29.9 Å². The molecule has 1 aliphatic rings. The molecule has 1 aliphatic heterocycles. The second kappa shape index (κ2) is 10.2. The van der Waals surface area contributed by atoms with Gasteiger partial charge in [-0.2, -0.15) is 0 Å². The fraction of sp³-hybridized carbons (Fsp3) is 0.348. The van der Waals surface area contributed by atoms with E-state index in [4.69, 9.17) is 0 Å². The van der Waals surface area contributed by atoms with Gasteiger partial charge in [0, 0.05) is 35.6 Å². The van der Waals surface area contributed by atoms with Crippen LogP contribution in [0.2, 0.25) is 0 Å². The highest BCUT2D eigenvalue weighted by Gasteiger charge is 2.24. The van der Waals surface area contributed by atoms with E-state index in [0.717, 1.165) is 36.2 Å². The van der Waals surface area contributed by atoms with Crippen LogP contribution in [0.3, 0.4) is 0 Å². The molecule has 2 aromatic rings. The first-order chi connectivity index (χ1) is 15.2. The number of nitrogens with one attached hydrogen (secondary N) is 3. The first kappa shape index (κ1) is 23.2. The van der Waals surface area contributed by atoms with Crippen molar-refractivity contribution in [3.8, 4) is 0 Å². The topological polar surface area (TPSA) is 90.5 Å². The molecule has 0 aliphatic carbocycles. The molecular weight excluding hydrogens is 418 g/mol. The molecule has 0 spiro atoms. The Kier molecular flexibility index (Phi) is 7.40. The SMILES string of the molecule is CC(C)NC(=O)c1cccc2c1CCCN2CC(=O)NCC(=O)Nc1ccc(F)c(F)c1. The Morgan fingerprint density at radius 1 is 1.06 bits per heavy atom. The van der Waals surface area contributed by atoms with Crippen molar-refractivity contribution in [1.29, 1.82) is 0 Å². The van der Waals surface area contributed by atoms with Gasteiger partial charge < -0.3 is 20.9 Å². The molecule has 0 bridgehead atoms. The number of hydrogen-bond donors (Lipinski definition) is 3. The Balaban J connectivity index is 1.59. The lowest BCUT2D eigenvalue weighted by atomic mass is 9.95. The van der Waals surface area contributed by atoms with E-state index < -0.39 is 17.5 Å². The van der Waals surface area contributed by atoms with Gasteiger partial charge in [-0.05, 0) is 56.5 Å². The lowest BCUT2D eigenvalue weighted by Crippen LogP contribution is -2.42. The Morgan fingerprint density at radius 2 is 1.84 bits per heavy atom. The van der Waals surface area contributed by atoms with Crippen LogP contribution in [-0.4, -0.2) is 43.4 Å². The first-order valence-corrected chi connectivity index (χ1v) is 10.4. The van der Waals surface area contributed by atoms with E-state index in [1.54, 1.807) is 12.1 Å². The van der Waals surface area contributed by atoms with Gasteiger partial charge in [-0.25, -0.2) is 8.78 Å². The summed E-state index contributed by atoms with van der Waals surface area (Å²) < 4.78 is 26.2. The minimum Gasteiger partial charge on any atom is -0.362 e. The summed E-state index contributed by atoms with van der Waals surface area (Å²) in [5.74, 6) is -3.15. The van der Waals surface area contributed by atoms with E-state index in [1.807, 2.05) is 24.8 Å². The van der Waals surface area contributed by atoms with E-state index in [-0.39, 0.29) is 36.6 Å². The number of fused-ring (bicyclic) bond motifs is 1. The van der Waals surface area contributed by atoms with Crippen molar-refractivity contribution in [3.63, 3.8) is 0 Å². The molecule has 3 amide bonds. The van der Waals surface area contributed by atoms with Gasteiger partial charge in [-0.15, -0.1) is 0 Å². The normalized spacial score (nSPS) is 12.8. The summed E-state index contributed by atoms with van der Waals surface area (Å²) in [4.78, 5) is 38.8. The third-order valence-corrected chi connectivity index (χ3v) is 5.00. The summed E-state index contributed by atoms with van der Waals surface area (Å²) in [7, 11) is 0. The number of nitrogens with zero attached hydrogens (tertiary/aromatic N) is 1. The summed E-state index contributed by atoms with van der Waals surface area (Å²) in [6.45, 7) is 4.16. The summed E-state index contributed by atoms with van der Waals surface area (Å²) >= 11 is 0. The quantitative estimate of drug-likeness (QED) is 0.612. The molecule has 3 rings (SSSR count). The van der Waals surface area contributed by atoms with Gasteiger partial charge >= 0.3 is 0 Å². The molecule has 0 saturated heterocycles. The Morgan fingerprint density at radius 3 is 2.56 bits per heavy atom. The average Bonchev–Trinajstić information content (AvgIpc) is 2.74. The molecule has 32 heavy (non-hydrogen) atoms. The lowest BCUT2D eigenvalue weighted by Gasteiger charge is -2.32. The van der Waals surface area contributed by atoms with Crippen LogP contribution in [0.1, 0.15) is 36.2 Å². The van der Waals surface area contributed by atoms with Crippen molar-refractivity contribution >= 4 is 29.1 Å². The van der Waals surface area contributed by atoms with Crippen LogP contribution >= 0.6 is 0 Å². The molecule has 170 valence electrons. The summed E-state index contributed by atoms with van der Waals surface area (Å²) in [6, 6.07) is 8.48. The molecule has 0 saturated carbocycles. The number of anilines is 2. The van der Waals surface area contributed by atoms with Crippen LogP contribution in [0.4, 0.5) is 20.2 Å². The van der Waals surface area contributed by atoms with Crippen LogP contribution in [0.15, 0.2) is 36.4 Å². The molecule has 3 N–H and O–H groups in total. The number of carbonyl (C=O) groups is 3. The van der Waals surface area contributed by atoms with E-state index in [9.17, 15) is 23.2 Å². The molecule has 1 heterocycles. The molecule has 2 aromatic carbocycles. The zero-order valence-electron chi connectivity index (χ0n) is 18.0. The fourth-order valence-electron chi connectivity index (χ4n) is 3.60. The highest BCUT2D eigenvalue weighted by atomic mass is 19.2. The van der Waals surface area contributed by atoms with Crippen molar-refractivity contribution < 1.29 is 23.2 Å². The van der Waals surface area contributed by atoms with E-state index in [0.29, 0.717) is 12.1 Å². The fourth-order valence-corrected chi connectivity index (χ4v) is 3.60. The van der Waals surface area contributed by atoms with E-state index in [1.165, 1.54) is 6.07 Å². The van der Waals surface area contributed by atoms with Crippen LogP contribution in [0, 0.1) is 11.6 Å². The van der Waals surface area contributed by atoms with Crippen molar-refractivity contribution in [2.24, 2.45) is 0 Å². The van der Waals surface area contributed by atoms with E-state index >= 15 is 0 Å². The van der Waals surface area contributed by atoms with E-state index in [2.05, 4.69) is 16.0 Å². The van der Waals surface area contributed by atoms with Crippen molar-refractivity contribution in [2.45, 2.75) is 32.7 Å². The van der Waals surface area contributed by atoms with Crippen LogP contribution in [-0.2, 0) is 16.0 Å². The molecule has 0 unspecified atom stereocenters.